The van der Waals surface area contributed by atoms with Crippen LogP contribution >= 0.6 is 0 Å². The summed E-state index contributed by atoms with van der Waals surface area (Å²) in [5.74, 6) is -0.118. The smallest absolute Gasteiger partial charge is 0.339 e. The molecule has 19 heavy (non-hydrogen) atoms. The standard InChI is InChI=1S/C14H18O5/c1-17-10-5-6-12(14(15)16)13(8-10)19-9-11-4-2-3-7-18-11/h5-6,8,11H,2-4,7,9H2,1H3,(H,15,16). The van der Waals surface area contributed by atoms with Gasteiger partial charge >= 0.3 is 5.97 Å². The fourth-order valence-electron chi connectivity index (χ4n) is 2.05. The minimum Gasteiger partial charge on any atom is -0.497 e. The molecule has 1 saturated heterocycles. The lowest BCUT2D eigenvalue weighted by Gasteiger charge is -2.23. The largest absolute Gasteiger partial charge is 0.497 e. The third kappa shape index (κ3) is 3.61. The highest BCUT2D eigenvalue weighted by Crippen LogP contribution is 2.25. The van der Waals surface area contributed by atoms with Crippen LogP contribution in [0, 0.1) is 0 Å². The van der Waals surface area contributed by atoms with Gasteiger partial charge in [-0.25, -0.2) is 4.79 Å². The van der Waals surface area contributed by atoms with E-state index < -0.39 is 5.97 Å². The Kier molecular flexibility index (Phi) is 4.63. The van der Waals surface area contributed by atoms with Crippen LogP contribution in [0.3, 0.4) is 0 Å². The normalized spacial score (nSPS) is 18.9. The predicted octanol–water partition coefficient (Wildman–Crippen LogP) is 2.34. The minimum absolute atomic E-state index is 0.0431. The molecule has 1 aliphatic heterocycles. The molecule has 0 amide bonds. The van der Waals surface area contributed by atoms with E-state index in [0.29, 0.717) is 18.1 Å². The summed E-state index contributed by atoms with van der Waals surface area (Å²) in [4.78, 5) is 11.1. The Morgan fingerprint density at radius 2 is 2.32 bits per heavy atom. The molecule has 1 fully saturated rings. The van der Waals surface area contributed by atoms with E-state index in [-0.39, 0.29) is 11.7 Å². The van der Waals surface area contributed by atoms with Gasteiger partial charge in [-0.1, -0.05) is 0 Å². The number of methoxy groups -OCH3 is 1. The number of carbonyl (C=O) groups is 1. The van der Waals surface area contributed by atoms with Crippen LogP contribution in [0.4, 0.5) is 0 Å². The van der Waals surface area contributed by atoms with Crippen LogP contribution in [0.2, 0.25) is 0 Å². The van der Waals surface area contributed by atoms with Crippen LogP contribution in [-0.4, -0.2) is 37.5 Å². The first-order valence-electron chi connectivity index (χ1n) is 6.36. The molecule has 5 nitrogen and oxygen atoms in total. The van der Waals surface area contributed by atoms with Crippen molar-refractivity contribution in [3.8, 4) is 11.5 Å². The van der Waals surface area contributed by atoms with E-state index in [2.05, 4.69) is 0 Å². The molecule has 1 aromatic carbocycles. The minimum atomic E-state index is -1.01. The Morgan fingerprint density at radius 1 is 1.47 bits per heavy atom. The summed E-state index contributed by atoms with van der Waals surface area (Å²) in [5.41, 5.74) is 0.136. The second-order valence-corrected chi connectivity index (χ2v) is 4.47. The van der Waals surface area contributed by atoms with Crippen molar-refractivity contribution in [3.05, 3.63) is 23.8 Å². The van der Waals surface area contributed by atoms with Gasteiger partial charge in [-0.05, 0) is 31.4 Å². The van der Waals surface area contributed by atoms with Gasteiger partial charge in [-0.3, -0.25) is 0 Å². The van der Waals surface area contributed by atoms with Crippen molar-refractivity contribution >= 4 is 5.97 Å². The number of carboxylic acid groups (broad SMARTS) is 1. The number of hydrogen-bond donors (Lipinski definition) is 1. The maximum atomic E-state index is 11.1. The SMILES string of the molecule is COc1ccc(C(=O)O)c(OCC2CCCCO2)c1. The van der Waals surface area contributed by atoms with E-state index in [1.165, 1.54) is 13.2 Å². The zero-order valence-electron chi connectivity index (χ0n) is 10.9. The van der Waals surface area contributed by atoms with Crippen LogP contribution in [0.25, 0.3) is 0 Å². The summed E-state index contributed by atoms with van der Waals surface area (Å²) in [6, 6.07) is 4.68. The van der Waals surface area contributed by atoms with Gasteiger partial charge in [0.2, 0.25) is 0 Å². The quantitative estimate of drug-likeness (QED) is 0.886. The number of aromatic carboxylic acids is 1. The lowest BCUT2D eigenvalue weighted by molar-refractivity contribution is -0.0113. The Bertz CT molecular complexity index is 437. The molecule has 2 rings (SSSR count). The third-order valence-corrected chi connectivity index (χ3v) is 3.12. The zero-order valence-corrected chi connectivity index (χ0v) is 10.9. The molecule has 5 heteroatoms. The first-order chi connectivity index (χ1) is 9.20. The van der Waals surface area contributed by atoms with Gasteiger partial charge in [-0.2, -0.15) is 0 Å². The number of ether oxygens (including phenoxy) is 3. The maximum Gasteiger partial charge on any atom is 0.339 e. The first-order valence-corrected chi connectivity index (χ1v) is 6.36. The average molecular weight is 266 g/mol. The van der Waals surface area contributed by atoms with E-state index in [9.17, 15) is 4.79 Å². The second kappa shape index (κ2) is 6.43. The van der Waals surface area contributed by atoms with Gasteiger partial charge < -0.3 is 19.3 Å². The third-order valence-electron chi connectivity index (χ3n) is 3.12. The Balaban J connectivity index is 2.06. The number of hydrogen-bond acceptors (Lipinski definition) is 4. The van der Waals surface area contributed by atoms with Gasteiger partial charge in [0.15, 0.2) is 0 Å². The van der Waals surface area contributed by atoms with Crippen molar-refractivity contribution in [1.29, 1.82) is 0 Å². The molecule has 1 N–H and O–H groups in total. The summed E-state index contributed by atoms with van der Waals surface area (Å²) < 4.78 is 16.2. The molecule has 1 atom stereocenters. The first kappa shape index (κ1) is 13.7. The van der Waals surface area contributed by atoms with E-state index in [1.54, 1.807) is 12.1 Å². The Hall–Kier alpha value is -1.75. The number of benzene rings is 1. The number of rotatable bonds is 5. The second-order valence-electron chi connectivity index (χ2n) is 4.47. The van der Waals surface area contributed by atoms with Crippen LogP contribution in [0.5, 0.6) is 11.5 Å². The highest BCUT2D eigenvalue weighted by molar-refractivity contribution is 5.91. The Labute approximate surface area is 112 Å². The molecular weight excluding hydrogens is 248 g/mol. The highest BCUT2D eigenvalue weighted by atomic mass is 16.5. The van der Waals surface area contributed by atoms with Crippen molar-refractivity contribution < 1.29 is 24.1 Å². The average Bonchev–Trinajstić information content (AvgIpc) is 2.45. The van der Waals surface area contributed by atoms with Crippen LogP contribution in [-0.2, 0) is 4.74 Å². The molecular formula is C14H18O5. The molecule has 0 spiro atoms. The van der Waals surface area contributed by atoms with Gasteiger partial charge in [0.1, 0.15) is 23.7 Å². The summed E-state index contributed by atoms with van der Waals surface area (Å²) >= 11 is 0. The lowest BCUT2D eigenvalue weighted by atomic mass is 10.1. The van der Waals surface area contributed by atoms with E-state index in [4.69, 9.17) is 19.3 Å². The number of carboxylic acids is 1. The van der Waals surface area contributed by atoms with E-state index >= 15 is 0 Å². The summed E-state index contributed by atoms with van der Waals surface area (Å²) in [6.45, 7) is 1.12. The topological polar surface area (TPSA) is 65.0 Å². The fraction of sp³-hybridized carbons (Fsp3) is 0.500. The zero-order chi connectivity index (χ0) is 13.7. The van der Waals surface area contributed by atoms with Gasteiger partial charge in [0.05, 0.1) is 13.2 Å². The van der Waals surface area contributed by atoms with Gasteiger partial charge in [-0.15, -0.1) is 0 Å². The predicted molar refractivity (Wildman–Crippen MR) is 69.0 cm³/mol. The molecule has 1 unspecified atom stereocenters. The molecule has 0 aliphatic carbocycles. The van der Waals surface area contributed by atoms with E-state index in [0.717, 1.165) is 25.9 Å². The molecule has 1 aliphatic rings. The molecule has 0 aromatic heterocycles. The van der Waals surface area contributed by atoms with Crippen molar-refractivity contribution in [2.24, 2.45) is 0 Å². The molecule has 0 saturated carbocycles. The maximum absolute atomic E-state index is 11.1. The molecule has 0 bridgehead atoms. The molecule has 104 valence electrons. The lowest BCUT2D eigenvalue weighted by Crippen LogP contribution is -2.26. The van der Waals surface area contributed by atoms with Crippen LogP contribution < -0.4 is 9.47 Å². The van der Waals surface area contributed by atoms with Crippen LogP contribution in [0.1, 0.15) is 29.6 Å². The summed E-state index contributed by atoms with van der Waals surface area (Å²) in [6.07, 6.45) is 3.20. The molecule has 0 radical (unpaired) electrons. The van der Waals surface area contributed by atoms with Crippen molar-refractivity contribution in [2.45, 2.75) is 25.4 Å². The van der Waals surface area contributed by atoms with E-state index in [1.807, 2.05) is 0 Å². The Morgan fingerprint density at radius 3 is 2.95 bits per heavy atom. The van der Waals surface area contributed by atoms with Gasteiger partial charge in [0, 0.05) is 12.7 Å². The monoisotopic (exact) mass is 266 g/mol. The summed E-state index contributed by atoms with van der Waals surface area (Å²) in [7, 11) is 1.53. The van der Waals surface area contributed by atoms with Crippen molar-refractivity contribution in [3.63, 3.8) is 0 Å². The summed E-state index contributed by atoms with van der Waals surface area (Å²) in [5, 5.41) is 9.11. The molecule has 1 heterocycles. The van der Waals surface area contributed by atoms with Gasteiger partial charge in [0.25, 0.3) is 0 Å². The highest BCUT2D eigenvalue weighted by Gasteiger charge is 2.17. The molecule has 1 aromatic rings. The van der Waals surface area contributed by atoms with Crippen molar-refractivity contribution in [1.82, 2.24) is 0 Å². The van der Waals surface area contributed by atoms with Crippen LogP contribution in [0.15, 0.2) is 18.2 Å². The van der Waals surface area contributed by atoms with Crippen molar-refractivity contribution in [2.75, 3.05) is 20.3 Å². The fourth-order valence-corrected chi connectivity index (χ4v) is 2.05.